The van der Waals surface area contributed by atoms with Crippen LogP contribution in [0.1, 0.15) is 59.8 Å². The van der Waals surface area contributed by atoms with Gasteiger partial charge in [-0.1, -0.05) is 13.3 Å². The number of aliphatic hydroxyl groups is 1. The highest BCUT2D eigenvalue weighted by molar-refractivity contribution is 14.0. The van der Waals surface area contributed by atoms with Crippen LogP contribution < -0.4 is 10.6 Å². The van der Waals surface area contributed by atoms with Gasteiger partial charge in [-0.2, -0.15) is 0 Å². The van der Waals surface area contributed by atoms with Gasteiger partial charge in [-0.25, -0.2) is 0 Å². The highest BCUT2D eigenvalue weighted by Crippen LogP contribution is 2.12. The molecule has 3 N–H and O–H groups in total. The second-order valence-corrected chi connectivity index (χ2v) is 7.57. The molecule has 0 aliphatic carbocycles. The molecule has 1 unspecified atom stereocenters. The molecule has 0 spiro atoms. The summed E-state index contributed by atoms with van der Waals surface area (Å²) in [7, 11) is 0. The normalized spacial score (nSPS) is 17.6. The van der Waals surface area contributed by atoms with Crippen LogP contribution in [0.5, 0.6) is 0 Å². The number of hydrogen-bond acceptors (Lipinski definition) is 4. The lowest BCUT2D eigenvalue weighted by molar-refractivity contribution is 0.0532. The minimum atomic E-state index is 0. The summed E-state index contributed by atoms with van der Waals surface area (Å²) >= 11 is 0. The highest BCUT2D eigenvalue weighted by Gasteiger charge is 2.20. The maximum Gasteiger partial charge on any atom is 0.191 e. The van der Waals surface area contributed by atoms with Crippen LogP contribution in [-0.4, -0.2) is 74.0 Å². The fraction of sp³-hybridized carbons (Fsp3) is 0.950. The number of ether oxygens (including phenoxy) is 1. The van der Waals surface area contributed by atoms with E-state index in [0.29, 0.717) is 18.1 Å². The maximum atomic E-state index is 9.22. The lowest BCUT2D eigenvalue weighted by Crippen LogP contribution is -2.49. The molecule has 1 aliphatic heterocycles. The molecule has 7 heteroatoms. The van der Waals surface area contributed by atoms with Crippen LogP contribution >= 0.6 is 24.0 Å². The molecule has 0 aromatic rings. The minimum absolute atomic E-state index is 0. The second kappa shape index (κ2) is 16.8. The summed E-state index contributed by atoms with van der Waals surface area (Å²) in [5.74, 6) is 1.40. The number of halogens is 1. The summed E-state index contributed by atoms with van der Waals surface area (Å²) in [6.07, 6.45) is 5.70. The molecule has 1 aliphatic rings. The van der Waals surface area contributed by atoms with E-state index in [9.17, 15) is 5.11 Å². The average molecular weight is 498 g/mol. The standard InChI is InChI=1S/C20H42N4O2.HI/c1-5-7-18(10-14-25)16-22-20(21-6-2)23-19-8-11-24(12-9-19)13-15-26-17(3)4;/h17-19,25H,5-16H2,1-4H3,(H2,21,22,23);1H. The van der Waals surface area contributed by atoms with Gasteiger partial charge in [0.15, 0.2) is 5.96 Å². The molecule has 0 radical (unpaired) electrons. The second-order valence-electron chi connectivity index (χ2n) is 7.57. The molecular weight excluding hydrogens is 455 g/mol. The molecule has 1 saturated heterocycles. The summed E-state index contributed by atoms with van der Waals surface area (Å²) in [5.41, 5.74) is 0. The Morgan fingerprint density at radius 3 is 2.48 bits per heavy atom. The number of aliphatic imine (C=N–C) groups is 1. The van der Waals surface area contributed by atoms with E-state index in [-0.39, 0.29) is 30.6 Å². The molecule has 1 fully saturated rings. The summed E-state index contributed by atoms with van der Waals surface area (Å²) < 4.78 is 5.66. The molecule has 1 heterocycles. The largest absolute Gasteiger partial charge is 0.396 e. The van der Waals surface area contributed by atoms with Crippen LogP contribution in [0.4, 0.5) is 0 Å². The van der Waals surface area contributed by atoms with Gasteiger partial charge in [-0.3, -0.25) is 4.99 Å². The first-order valence-electron chi connectivity index (χ1n) is 10.6. The molecule has 162 valence electrons. The van der Waals surface area contributed by atoms with Gasteiger partial charge in [-0.15, -0.1) is 24.0 Å². The van der Waals surface area contributed by atoms with Crippen molar-refractivity contribution in [3.05, 3.63) is 0 Å². The van der Waals surface area contributed by atoms with Crippen LogP contribution in [0.25, 0.3) is 0 Å². The average Bonchev–Trinajstić information content (AvgIpc) is 2.61. The van der Waals surface area contributed by atoms with Gasteiger partial charge in [-0.05, 0) is 52.4 Å². The fourth-order valence-corrected chi connectivity index (χ4v) is 3.37. The van der Waals surface area contributed by atoms with Gasteiger partial charge in [0.2, 0.25) is 0 Å². The van der Waals surface area contributed by atoms with E-state index in [1.165, 1.54) is 0 Å². The quantitative estimate of drug-likeness (QED) is 0.219. The zero-order chi connectivity index (χ0) is 19.2. The van der Waals surface area contributed by atoms with Crippen molar-refractivity contribution < 1.29 is 9.84 Å². The molecule has 6 nitrogen and oxygen atoms in total. The van der Waals surface area contributed by atoms with Crippen LogP contribution in [0, 0.1) is 5.92 Å². The first kappa shape index (κ1) is 26.9. The van der Waals surface area contributed by atoms with Gasteiger partial charge < -0.3 is 25.4 Å². The van der Waals surface area contributed by atoms with Crippen LogP contribution in [0.3, 0.4) is 0 Å². The number of aliphatic hydroxyl groups excluding tert-OH is 1. The van der Waals surface area contributed by atoms with E-state index in [0.717, 1.165) is 77.4 Å². The summed E-state index contributed by atoms with van der Waals surface area (Å²) in [6.45, 7) is 14.5. The van der Waals surface area contributed by atoms with Crippen molar-refractivity contribution in [3.8, 4) is 0 Å². The smallest absolute Gasteiger partial charge is 0.191 e. The molecule has 27 heavy (non-hydrogen) atoms. The molecule has 1 rings (SSSR count). The third kappa shape index (κ3) is 12.9. The monoisotopic (exact) mass is 498 g/mol. The molecule has 0 aromatic carbocycles. The third-order valence-electron chi connectivity index (χ3n) is 4.87. The predicted molar refractivity (Wildman–Crippen MR) is 125 cm³/mol. The first-order valence-corrected chi connectivity index (χ1v) is 10.6. The Hall–Kier alpha value is -0.120. The Morgan fingerprint density at radius 2 is 1.93 bits per heavy atom. The van der Waals surface area contributed by atoms with Crippen molar-refractivity contribution in [2.45, 2.75) is 71.9 Å². The molecule has 0 saturated carbocycles. The van der Waals surface area contributed by atoms with Crippen LogP contribution in [0.2, 0.25) is 0 Å². The number of piperidine rings is 1. The van der Waals surface area contributed by atoms with Gasteiger partial charge in [0.25, 0.3) is 0 Å². The van der Waals surface area contributed by atoms with Crippen molar-refractivity contribution in [2.24, 2.45) is 10.9 Å². The van der Waals surface area contributed by atoms with Crippen molar-refractivity contribution in [1.29, 1.82) is 0 Å². The van der Waals surface area contributed by atoms with Crippen molar-refractivity contribution in [1.82, 2.24) is 15.5 Å². The third-order valence-corrected chi connectivity index (χ3v) is 4.87. The number of nitrogens with zero attached hydrogens (tertiary/aromatic N) is 2. The maximum absolute atomic E-state index is 9.22. The van der Waals surface area contributed by atoms with Gasteiger partial charge in [0, 0.05) is 45.4 Å². The van der Waals surface area contributed by atoms with Crippen LogP contribution in [-0.2, 0) is 4.74 Å². The lowest BCUT2D eigenvalue weighted by Gasteiger charge is -2.33. The van der Waals surface area contributed by atoms with E-state index < -0.39 is 0 Å². The van der Waals surface area contributed by atoms with Crippen LogP contribution in [0.15, 0.2) is 4.99 Å². The molecule has 1 atom stereocenters. The van der Waals surface area contributed by atoms with E-state index in [4.69, 9.17) is 9.73 Å². The minimum Gasteiger partial charge on any atom is -0.396 e. The van der Waals surface area contributed by atoms with Crippen molar-refractivity contribution in [2.75, 3.05) is 45.9 Å². The Labute approximate surface area is 183 Å². The van der Waals surface area contributed by atoms with Gasteiger partial charge in [0.05, 0.1) is 12.7 Å². The number of guanidine groups is 1. The van der Waals surface area contributed by atoms with Gasteiger partial charge >= 0.3 is 0 Å². The summed E-state index contributed by atoms with van der Waals surface area (Å²) in [4.78, 5) is 7.27. The number of nitrogens with one attached hydrogen (secondary N) is 2. The highest BCUT2D eigenvalue weighted by atomic mass is 127. The van der Waals surface area contributed by atoms with Gasteiger partial charge in [0.1, 0.15) is 0 Å². The Morgan fingerprint density at radius 1 is 1.22 bits per heavy atom. The Kier molecular flexibility index (Phi) is 16.7. The molecule has 0 aromatic heterocycles. The lowest BCUT2D eigenvalue weighted by atomic mass is 10.0. The van der Waals surface area contributed by atoms with E-state index in [2.05, 4.69) is 43.2 Å². The van der Waals surface area contributed by atoms with Crippen molar-refractivity contribution in [3.63, 3.8) is 0 Å². The predicted octanol–water partition coefficient (Wildman–Crippen LogP) is 2.85. The van der Waals surface area contributed by atoms with E-state index in [1.54, 1.807) is 0 Å². The molecule has 0 amide bonds. The summed E-state index contributed by atoms with van der Waals surface area (Å²) in [6, 6.07) is 0.484. The summed E-state index contributed by atoms with van der Waals surface area (Å²) in [5, 5.41) is 16.2. The van der Waals surface area contributed by atoms with E-state index >= 15 is 0 Å². The molecular formula is C20H43IN4O2. The topological polar surface area (TPSA) is 69.1 Å². The fourth-order valence-electron chi connectivity index (χ4n) is 3.37. The van der Waals surface area contributed by atoms with E-state index in [1.807, 2.05) is 0 Å². The molecule has 0 bridgehead atoms. The number of rotatable bonds is 12. The number of hydrogen-bond donors (Lipinski definition) is 3. The zero-order valence-electron chi connectivity index (χ0n) is 17.9. The number of likely N-dealkylation sites (tertiary alicyclic amines) is 1. The Balaban J connectivity index is 0.00000676. The Bertz CT molecular complexity index is 369. The SMILES string of the molecule is CCCC(CCO)CN=C(NCC)NC1CCN(CCOC(C)C)CC1.I. The van der Waals surface area contributed by atoms with Crippen molar-refractivity contribution >= 4 is 29.9 Å². The first-order chi connectivity index (χ1) is 12.6. The zero-order valence-corrected chi connectivity index (χ0v) is 20.2.